The minimum atomic E-state index is -4.34. The number of nitrogens with zero attached hydrogens (tertiary/aromatic N) is 1. The summed E-state index contributed by atoms with van der Waals surface area (Å²) < 4.78 is 50.6. The van der Waals surface area contributed by atoms with Crippen molar-refractivity contribution in [3.63, 3.8) is 0 Å². The zero-order valence-electron chi connectivity index (χ0n) is 13.4. The normalized spacial score (nSPS) is 11.6. The van der Waals surface area contributed by atoms with E-state index in [1.807, 2.05) is 0 Å². The molecule has 8 heteroatoms. The van der Waals surface area contributed by atoms with Crippen LogP contribution in [-0.2, 0) is 19.3 Å². The van der Waals surface area contributed by atoms with Crippen LogP contribution in [0.4, 0.5) is 17.6 Å². The van der Waals surface area contributed by atoms with Gasteiger partial charge in [-0.1, -0.05) is 24.3 Å². The van der Waals surface area contributed by atoms with Crippen LogP contribution in [0.1, 0.15) is 16.7 Å². The quantitative estimate of drug-likeness (QED) is 0.304. The summed E-state index contributed by atoms with van der Waals surface area (Å²) in [6, 6.07) is 11.1. The standard InChI is InChI=1S/C17H17F4N3.HI/c1-22-16(24-11-13-3-2-4-15(18)9-13)23-10-12-5-7-14(8-6-12)17(19,20)21;/h2-9H,10-11H2,1H3,(H2,22,23,24);1H. The molecule has 2 N–H and O–H groups in total. The Bertz CT molecular complexity index is 700. The maximum absolute atomic E-state index is 13.1. The maximum Gasteiger partial charge on any atom is 0.416 e. The third kappa shape index (κ3) is 6.89. The van der Waals surface area contributed by atoms with Crippen LogP contribution in [0.15, 0.2) is 53.5 Å². The molecule has 0 saturated carbocycles. The lowest BCUT2D eigenvalue weighted by atomic mass is 10.1. The first kappa shape index (κ1) is 21.2. The van der Waals surface area contributed by atoms with Crippen molar-refractivity contribution in [3.05, 3.63) is 71.0 Å². The summed E-state index contributed by atoms with van der Waals surface area (Å²) in [5.74, 6) is 0.154. The molecule has 0 bridgehead atoms. The molecule has 0 unspecified atom stereocenters. The van der Waals surface area contributed by atoms with E-state index < -0.39 is 11.7 Å². The van der Waals surface area contributed by atoms with E-state index in [-0.39, 0.29) is 29.8 Å². The molecule has 0 heterocycles. The predicted molar refractivity (Wildman–Crippen MR) is 100 cm³/mol. The molecule has 0 radical (unpaired) electrons. The van der Waals surface area contributed by atoms with Crippen LogP contribution in [0.25, 0.3) is 0 Å². The highest BCUT2D eigenvalue weighted by molar-refractivity contribution is 14.0. The third-order valence-electron chi connectivity index (χ3n) is 3.31. The highest BCUT2D eigenvalue weighted by Crippen LogP contribution is 2.28. The van der Waals surface area contributed by atoms with Crippen LogP contribution < -0.4 is 10.6 Å². The van der Waals surface area contributed by atoms with E-state index in [4.69, 9.17) is 0 Å². The van der Waals surface area contributed by atoms with Gasteiger partial charge in [-0.05, 0) is 35.4 Å². The first-order valence-electron chi connectivity index (χ1n) is 7.23. The molecule has 0 spiro atoms. The van der Waals surface area contributed by atoms with Crippen LogP contribution in [0.2, 0.25) is 0 Å². The summed E-state index contributed by atoms with van der Waals surface area (Å²) >= 11 is 0. The average molecular weight is 467 g/mol. The zero-order chi connectivity index (χ0) is 17.6. The Labute approximate surface area is 160 Å². The van der Waals surface area contributed by atoms with Crippen LogP contribution in [0.5, 0.6) is 0 Å². The second-order valence-corrected chi connectivity index (χ2v) is 5.10. The van der Waals surface area contributed by atoms with Gasteiger partial charge in [0.1, 0.15) is 5.82 Å². The Balaban J connectivity index is 0.00000312. The van der Waals surface area contributed by atoms with Crippen LogP contribution in [0, 0.1) is 5.82 Å². The summed E-state index contributed by atoms with van der Waals surface area (Å²) in [7, 11) is 1.58. The Morgan fingerprint density at radius 3 is 2.08 bits per heavy atom. The molecule has 0 amide bonds. The first-order chi connectivity index (χ1) is 11.4. The minimum absolute atomic E-state index is 0. The molecule has 0 fully saturated rings. The minimum Gasteiger partial charge on any atom is -0.352 e. The van der Waals surface area contributed by atoms with E-state index in [0.29, 0.717) is 24.6 Å². The van der Waals surface area contributed by atoms with E-state index in [1.54, 1.807) is 19.2 Å². The molecule has 3 nitrogen and oxygen atoms in total. The molecule has 0 aromatic heterocycles. The lowest BCUT2D eigenvalue weighted by Gasteiger charge is -2.13. The van der Waals surface area contributed by atoms with Crippen molar-refractivity contribution in [3.8, 4) is 0 Å². The molecular weight excluding hydrogens is 449 g/mol. The summed E-state index contributed by atoms with van der Waals surface area (Å²) in [5, 5.41) is 6.00. The number of alkyl halides is 3. The van der Waals surface area contributed by atoms with E-state index in [0.717, 1.165) is 17.7 Å². The topological polar surface area (TPSA) is 36.4 Å². The summed E-state index contributed by atoms with van der Waals surface area (Å²) in [4.78, 5) is 4.02. The molecular formula is C17H18F4IN3. The van der Waals surface area contributed by atoms with Crippen molar-refractivity contribution in [2.75, 3.05) is 7.05 Å². The number of aliphatic imine (C=N–C) groups is 1. The van der Waals surface area contributed by atoms with Gasteiger partial charge in [0.25, 0.3) is 0 Å². The summed E-state index contributed by atoms with van der Waals surface area (Å²) in [5.41, 5.74) is 0.768. The van der Waals surface area contributed by atoms with Gasteiger partial charge >= 0.3 is 6.18 Å². The van der Waals surface area contributed by atoms with Gasteiger partial charge in [-0.25, -0.2) is 4.39 Å². The van der Waals surface area contributed by atoms with Crippen LogP contribution in [0.3, 0.4) is 0 Å². The SMILES string of the molecule is CN=C(NCc1ccc(C(F)(F)F)cc1)NCc1cccc(F)c1.I. The second-order valence-electron chi connectivity index (χ2n) is 5.10. The Hall–Kier alpha value is -1.84. The van der Waals surface area contributed by atoms with E-state index in [2.05, 4.69) is 15.6 Å². The van der Waals surface area contributed by atoms with Gasteiger partial charge in [0, 0.05) is 20.1 Å². The zero-order valence-corrected chi connectivity index (χ0v) is 15.7. The first-order valence-corrected chi connectivity index (χ1v) is 7.23. The van der Waals surface area contributed by atoms with Crippen molar-refractivity contribution >= 4 is 29.9 Å². The van der Waals surface area contributed by atoms with Crippen molar-refractivity contribution in [1.82, 2.24) is 10.6 Å². The highest BCUT2D eigenvalue weighted by atomic mass is 127. The summed E-state index contributed by atoms with van der Waals surface area (Å²) in [6.07, 6.45) is -4.34. The van der Waals surface area contributed by atoms with Gasteiger partial charge in [-0.3, -0.25) is 4.99 Å². The van der Waals surface area contributed by atoms with E-state index in [9.17, 15) is 17.6 Å². The molecule has 2 aromatic rings. The van der Waals surface area contributed by atoms with Gasteiger partial charge in [-0.15, -0.1) is 24.0 Å². The lowest BCUT2D eigenvalue weighted by molar-refractivity contribution is -0.137. The van der Waals surface area contributed by atoms with Crippen molar-refractivity contribution < 1.29 is 17.6 Å². The fourth-order valence-electron chi connectivity index (χ4n) is 2.05. The lowest BCUT2D eigenvalue weighted by Crippen LogP contribution is -2.36. The van der Waals surface area contributed by atoms with Crippen molar-refractivity contribution in [1.29, 1.82) is 0 Å². The number of hydrogen-bond acceptors (Lipinski definition) is 1. The van der Waals surface area contributed by atoms with Crippen molar-refractivity contribution in [2.24, 2.45) is 4.99 Å². The molecule has 2 aromatic carbocycles. The fourth-order valence-corrected chi connectivity index (χ4v) is 2.05. The molecule has 0 aliphatic rings. The molecule has 25 heavy (non-hydrogen) atoms. The molecule has 0 saturated heterocycles. The van der Waals surface area contributed by atoms with Crippen LogP contribution in [-0.4, -0.2) is 13.0 Å². The smallest absolute Gasteiger partial charge is 0.352 e. The van der Waals surface area contributed by atoms with Crippen LogP contribution >= 0.6 is 24.0 Å². The Kier molecular flexibility index (Phi) is 8.14. The number of benzene rings is 2. The second kappa shape index (κ2) is 9.59. The molecule has 0 atom stereocenters. The van der Waals surface area contributed by atoms with E-state index in [1.165, 1.54) is 24.3 Å². The number of guanidine groups is 1. The third-order valence-corrected chi connectivity index (χ3v) is 3.31. The maximum atomic E-state index is 13.1. The van der Waals surface area contributed by atoms with Gasteiger partial charge in [0.2, 0.25) is 0 Å². The number of hydrogen-bond donors (Lipinski definition) is 2. The van der Waals surface area contributed by atoms with Gasteiger partial charge in [0.05, 0.1) is 5.56 Å². The Morgan fingerprint density at radius 2 is 1.56 bits per heavy atom. The average Bonchev–Trinajstić information content (AvgIpc) is 2.55. The largest absolute Gasteiger partial charge is 0.416 e. The highest BCUT2D eigenvalue weighted by Gasteiger charge is 2.29. The predicted octanol–water partition coefficient (Wildman–Crippen LogP) is 4.33. The van der Waals surface area contributed by atoms with Crippen molar-refractivity contribution in [2.45, 2.75) is 19.3 Å². The fraction of sp³-hybridized carbons (Fsp3) is 0.235. The molecule has 0 aliphatic heterocycles. The number of nitrogens with one attached hydrogen (secondary N) is 2. The molecule has 2 rings (SSSR count). The number of rotatable bonds is 4. The molecule has 0 aliphatic carbocycles. The number of halogens is 5. The Morgan fingerprint density at radius 1 is 0.960 bits per heavy atom. The van der Waals surface area contributed by atoms with Gasteiger partial charge in [-0.2, -0.15) is 13.2 Å². The summed E-state index contributed by atoms with van der Waals surface area (Å²) in [6.45, 7) is 0.700. The van der Waals surface area contributed by atoms with E-state index >= 15 is 0 Å². The van der Waals surface area contributed by atoms with Gasteiger partial charge in [0.15, 0.2) is 5.96 Å². The monoisotopic (exact) mass is 467 g/mol. The van der Waals surface area contributed by atoms with Gasteiger partial charge < -0.3 is 10.6 Å². The molecule has 136 valence electrons.